The van der Waals surface area contributed by atoms with Gasteiger partial charge < -0.3 is 5.32 Å². The topological polar surface area (TPSA) is 63.1 Å². The third-order valence-electron chi connectivity index (χ3n) is 9.27. The predicted molar refractivity (Wildman–Crippen MR) is 201 cm³/mol. The molecule has 2 aliphatic rings. The van der Waals surface area contributed by atoms with Crippen LogP contribution in [0.2, 0.25) is 0 Å². The first-order valence-corrected chi connectivity index (χ1v) is 16.4. The fraction of sp³-hybridized carbons (Fsp3) is 0.0698. The van der Waals surface area contributed by atoms with Gasteiger partial charge in [0.2, 0.25) is 0 Å². The van der Waals surface area contributed by atoms with E-state index < -0.39 is 0 Å². The number of nitrogens with one attached hydrogen (secondary N) is 1. The van der Waals surface area contributed by atoms with Crippen LogP contribution < -0.4 is 5.32 Å². The highest BCUT2D eigenvalue weighted by molar-refractivity contribution is 6.05. The maximum Gasteiger partial charge on any atom is 0.0945 e. The molecular weight excluding hydrogens is 587 g/mol. The number of pyridine rings is 3. The van der Waals surface area contributed by atoms with Gasteiger partial charge in [-0.05, 0) is 89.2 Å². The lowest BCUT2D eigenvalue weighted by atomic mass is 9.94. The molecule has 0 bridgehead atoms. The fourth-order valence-corrected chi connectivity index (χ4v) is 6.77. The number of fused-ring (bicyclic) bond motifs is 5. The first kappa shape index (κ1) is 28.1. The van der Waals surface area contributed by atoms with Crippen LogP contribution in [0.15, 0.2) is 139 Å². The average molecular weight is 618 g/mol. The Labute approximate surface area is 278 Å². The molecule has 0 unspecified atom stereocenters. The predicted octanol–water partition coefficient (Wildman–Crippen LogP) is 10.5. The molecule has 0 atom stereocenters. The number of aromatic nitrogens is 3. The monoisotopic (exact) mass is 617 g/mol. The summed E-state index contributed by atoms with van der Waals surface area (Å²) in [6.45, 7) is 0.822. The molecule has 48 heavy (non-hydrogen) atoms. The van der Waals surface area contributed by atoms with Crippen molar-refractivity contribution < 1.29 is 0 Å². The Bertz CT molecular complexity index is 2500. The number of nitrogens with zero attached hydrogens (tertiary/aromatic N) is 4. The van der Waals surface area contributed by atoms with Gasteiger partial charge in [-0.25, -0.2) is 9.97 Å². The van der Waals surface area contributed by atoms with Crippen LogP contribution in [0.1, 0.15) is 24.1 Å². The molecule has 0 saturated heterocycles. The minimum absolute atomic E-state index is 0.822. The first-order chi connectivity index (χ1) is 23.8. The van der Waals surface area contributed by atoms with Crippen LogP contribution in [-0.4, -0.2) is 27.7 Å². The minimum Gasteiger partial charge on any atom is -0.379 e. The summed E-state index contributed by atoms with van der Waals surface area (Å²) in [5, 5.41) is 6.88. The standard InChI is InChI=1S/C43H31N5/c1-2-6-35(27-44-21-3-1)40-18-15-30-13-14-32(26-41(30)48-40)31-16-19-39-33(24-31)17-20-38(47-39)29-11-9-28(10-12-29)37-25-34-7-4-22-45-42(34)43-36(37)8-5-23-46-43/h1,3-5,7-21,23-27,45H,2,6,22H2/b3-1-,35-27+,44-21-. The number of allylic oxidation sites excluding steroid dienone is 3. The summed E-state index contributed by atoms with van der Waals surface area (Å²) in [4.78, 5) is 19.2. The van der Waals surface area contributed by atoms with Crippen LogP contribution >= 0.6 is 0 Å². The molecule has 0 radical (unpaired) electrons. The molecule has 7 aromatic rings. The second-order valence-electron chi connectivity index (χ2n) is 12.3. The van der Waals surface area contributed by atoms with Crippen LogP contribution in [0, 0.1) is 0 Å². The Kier molecular flexibility index (Phi) is 6.94. The van der Waals surface area contributed by atoms with Gasteiger partial charge in [-0.15, -0.1) is 0 Å². The lowest BCUT2D eigenvalue weighted by molar-refractivity contribution is 1.05. The lowest BCUT2D eigenvalue weighted by Gasteiger charge is -2.18. The van der Waals surface area contributed by atoms with E-state index in [1.165, 1.54) is 11.1 Å². The van der Waals surface area contributed by atoms with E-state index in [9.17, 15) is 0 Å². The zero-order valence-electron chi connectivity index (χ0n) is 26.3. The van der Waals surface area contributed by atoms with E-state index in [-0.39, 0.29) is 0 Å². The van der Waals surface area contributed by atoms with Crippen molar-refractivity contribution in [2.75, 3.05) is 11.9 Å². The first-order valence-electron chi connectivity index (χ1n) is 16.4. The molecule has 1 N–H and O–H groups in total. The van der Waals surface area contributed by atoms with Crippen molar-refractivity contribution in [3.63, 3.8) is 0 Å². The maximum absolute atomic E-state index is 5.06. The number of anilines is 1. The van der Waals surface area contributed by atoms with Crippen molar-refractivity contribution in [2.45, 2.75) is 12.8 Å². The number of hydrogen-bond donors (Lipinski definition) is 1. The van der Waals surface area contributed by atoms with E-state index in [2.05, 4.69) is 126 Å². The molecule has 0 saturated carbocycles. The second-order valence-corrected chi connectivity index (χ2v) is 12.3. The van der Waals surface area contributed by atoms with Crippen molar-refractivity contribution in [1.82, 2.24) is 15.0 Å². The van der Waals surface area contributed by atoms with Gasteiger partial charge in [0.05, 0.1) is 33.6 Å². The average Bonchev–Trinajstić information content (AvgIpc) is 3.13. The maximum atomic E-state index is 5.06. The van der Waals surface area contributed by atoms with Crippen molar-refractivity contribution in [1.29, 1.82) is 0 Å². The largest absolute Gasteiger partial charge is 0.379 e. The number of aliphatic imine (C=N–C) groups is 1. The van der Waals surface area contributed by atoms with Gasteiger partial charge in [0.1, 0.15) is 0 Å². The zero-order valence-corrected chi connectivity index (χ0v) is 26.3. The van der Waals surface area contributed by atoms with Crippen LogP contribution in [0.25, 0.3) is 77.9 Å². The molecular formula is C43H31N5. The van der Waals surface area contributed by atoms with Crippen LogP contribution in [0.4, 0.5) is 5.69 Å². The molecule has 0 amide bonds. The third kappa shape index (κ3) is 5.16. The summed E-state index contributed by atoms with van der Waals surface area (Å²) in [5.74, 6) is 0. The zero-order chi connectivity index (χ0) is 31.9. The fourth-order valence-electron chi connectivity index (χ4n) is 6.77. The van der Waals surface area contributed by atoms with Crippen LogP contribution in [0.3, 0.4) is 0 Å². The Hall–Kier alpha value is -6.20. The van der Waals surface area contributed by atoms with E-state index in [1.807, 2.05) is 30.8 Å². The Morgan fingerprint density at radius 1 is 0.646 bits per heavy atom. The highest BCUT2D eigenvalue weighted by Crippen LogP contribution is 2.38. The van der Waals surface area contributed by atoms with E-state index in [4.69, 9.17) is 15.0 Å². The quantitative estimate of drug-likeness (QED) is 0.213. The van der Waals surface area contributed by atoms with Crippen molar-refractivity contribution in [3.05, 3.63) is 145 Å². The second kappa shape index (κ2) is 11.9. The lowest BCUT2D eigenvalue weighted by Crippen LogP contribution is -2.06. The summed E-state index contributed by atoms with van der Waals surface area (Å²) in [6, 6.07) is 36.7. The summed E-state index contributed by atoms with van der Waals surface area (Å²) in [6.07, 6.45) is 16.0. The smallest absolute Gasteiger partial charge is 0.0945 e. The van der Waals surface area contributed by atoms with Crippen molar-refractivity contribution >= 4 is 56.3 Å². The van der Waals surface area contributed by atoms with Crippen LogP contribution in [0.5, 0.6) is 0 Å². The minimum atomic E-state index is 0.822. The summed E-state index contributed by atoms with van der Waals surface area (Å²) < 4.78 is 0. The summed E-state index contributed by atoms with van der Waals surface area (Å²) in [5.41, 5.74) is 14.0. The Morgan fingerprint density at radius 3 is 2.40 bits per heavy atom. The van der Waals surface area contributed by atoms with E-state index in [0.717, 1.165) is 97.0 Å². The molecule has 5 heterocycles. The number of hydrogen-bond acceptors (Lipinski definition) is 5. The molecule has 3 aromatic heterocycles. The van der Waals surface area contributed by atoms with Gasteiger partial charge in [-0.2, -0.15) is 0 Å². The molecule has 0 spiro atoms. The molecule has 4 aromatic carbocycles. The summed E-state index contributed by atoms with van der Waals surface area (Å²) in [7, 11) is 0. The van der Waals surface area contributed by atoms with Crippen LogP contribution in [-0.2, 0) is 0 Å². The summed E-state index contributed by atoms with van der Waals surface area (Å²) >= 11 is 0. The van der Waals surface area contributed by atoms with Crippen molar-refractivity contribution in [3.8, 4) is 33.5 Å². The van der Waals surface area contributed by atoms with Gasteiger partial charge in [0.25, 0.3) is 0 Å². The molecule has 2 aliphatic heterocycles. The molecule has 5 nitrogen and oxygen atoms in total. The van der Waals surface area contributed by atoms with Gasteiger partial charge in [-0.1, -0.05) is 78.9 Å². The normalized spacial score (nSPS) is 16.5. The molecule has 0 fully saturated rings. The number of benzene rings is 4. The van der Waals surface area contributed by atoms with Crippen molar-refractivity contribution in [2.24, 2.45) is 4.99 Å². The molecule has 5 heteroatoms. The van der Waals surface area contributed by atoms with E-state index in [0.29, 0.717) is 0 Å². The molecule has 0 aliphatic carbocycles. The highest BCUT2D eigenvalue weighted by Gasteiger charge is 2.15. The molecule has 228 valence electrons. The highest BCUT2D eigenvalue weighted by atomic mass is 14.9. The van der Waals surface area contributed by atoms with Gasteiger partial charge in [0.15, 0.2) is 0 Å². The third-order valence-corrected chi connectivity index (χ3v) is 9.27. The molecule has 9 rings (SSSR count). The van der Waals surface area contributed by atoms with E-state index in [1.54, 1.807) is 0 Å². The number of rotatable bonds is 4. The van der Waals surface area contributed by atoms with Gasteiger partial charge in [-0.3, -0.25) is 9.98 Å². The van der Waals surface area contributed by atoms with Gasteiger partial charge in [0, 0.05) is 52.4 Å². The Morgan fingerprint density at radius 2 is 1.44 bits per heavy atom. The van der Waals surface area contributed by atoms with E-state index >= 15 is 0 Å². The Balaban J connectivity index is 1.01. The van der Waals surface area contributed by atoms with Gasteiger partial charge >= 0.3 is 0 Å². The SMILES string of the molecule is C1=Cc2cc(-c3ccc(-c4ccc5cc(-c6ccc7ccc(/C8=C/N=C\C=C/CC8)nc7c6)ccc5n4)cc3)c3cccnc3c2NC1.